The van der Waals surface area contributed by atoms with E-state index in [0.29, 0.717) is 12.1 Å². The highest BCUT2D eigenvalue weighted by Crippen LogP contribution is 2.02. The Labute approximate surface area is 76.6 Å². The van der Waals surface area contributed by atoms with Gasteiger partial charge in [0.1, 0.15) is 0 Å². The zero-order chi connectivity index (χ0) is 9.84. The summed E-state index contributed by atoms with van der Waals surface area (Å²) in [6.45, 7) is 4.01. The number of aliphatic hydroxyl groups excluding tert-OH is 1. The van der Waals surface area contributed by atoms with Gasteiger partial charge in [0.25, 0.3) is 5.56 Å². The molecule has 0 atom stereocenters. The van der Waals surface area contributed by atoms with Crippen molar-refractivity contribution in [3.05, 3.63) is 33.2 Å². The van der Waals surface area contributed by atoms with Gasteiger partial charge >= 0.3 is 0 Å². The summed E-state index contributed by atoms with van der Waals surface area (Å²) in [6, 6.07) is 1.91. The molecule has 0 aliphatic carbocycles. The third-order valence-electron chi connectivity index (χ3n) is 1.91. The molecule has 0 saturated carbocycles. The van der Waals surface area contributed by atoms with Crippen LogP contribution in [0.15, 0.2) is 10.9 Å². The van der Waals surface area contributed by atoms with E-state index in [1.54, 1.807) is 0 Å². The molecule has 4 nitrogen and oxygen atoms in total. The predicted molar refractivity (Wildman–Crippen MR) is 50.5 cm³/mol. The van der Waals surface area contributed by atoms with Crippen LogP contribution in [0.4, 0.5) is 0 Å². The first-order chi connectivity index (χ1) is 6.15. The molecule has 0 fully saturated rings. The van der Waals surface area contributed by atoms with Gasteiger partial charge < -0.3 is 10.1 Å². The zero-order valence-corrected chi connectivity index (χ0v) is 7.85. The molecule has 1 aromatic rings. The molecule has 0 aliphatic heterocycles. The van der Waals surface area contributed by atoms with Gasteiger partial charge in [-0.2, -0.15) is 0 Å². The van der Waals surface area contributed by atoms with E-state index in [0.717, 1.165) is 11.3 Å². The summed E-state index contributed by atoms with van der Waals surface area (Å²) in [5, 5.41) is 11.2. The first-order valence-corrected chi connectivity index (χ1v) is 4.16. The van der Waals surface area contributed by atoms with E-state index in [1.807, 2.05) is 19.9 Å². The van der Waals surface area contributed by atoms with Gasteiger partial charge in [-0.15, -0.1) is 0 Å². The first kappa shape index (κ1) is 9.95. The van der Waals surface area contributed by atoms with Crippen molar-refractivity contribution in [2.75, 3.05) is 6.73 Å². The van der Waals surface area contributed by atoms with Crippen LogP contribution in [0.1, 0.15) is 16.8 Å². The molecule has 4 heteroatoms. The van der Waals surface area contributed by atoms with Gasteiger partial charge in [0.05, 0.1) is 6.73 Å². The molecule has 0 saturated heterocycles. The second kappa shape index (κ2) is 4.20. The molecule has 0 amide bonds. The second-order valence-electron chi connectivity index (χ2n) is 3.03. The number of H-pyrrole nitrogens is 1. The Morgan fingerprint density at radius 1 is 1.54 bits per heavy atom. The SMILES string of the molecule is Cc1cc(C)c(CNCO)c(=O)[nH]1. The lowest BCUT2D eigenvalue weighted by molar-refractivity contribution is 0.259. The quantitative estimate of drug-likeness (QED) is 0.578. The van der Waals surface area contributed by atoms with Crippen molar-refractivity contribution in [2.24, 2.45) is 0 Å². The van der Waals surface area contributed by atoms with Crippen molar-refractivity contribution in [1.82, 2.24) is 10.3 Å². The average molecular weight is 182 g/mol. The standard InChI is InChI=1S/C9H14N2O2/c1-6-3-7(2)11-9(13)8(6)4-10-5-12/h3,10,12H,4-5H2,1-2H3,(H,11,13). The lowest BCUT2D eigenvalue weighted by Crippen LogP contribution is -2.23. The molecule has 13 heavy (non-hydrogen) atoms. The number of hydrogen-bond donors (Lipinski definition) is 3. The van der Waals surface area contributed by atoms with Crippen molar-refractivity contribution in [3.63, 3.8) is 0 Å². The summed E-state index contributed by atoms with van der Waals surface area (Å²) in [5.41, 5.74) is 2.40. The molecule has 1 rings (SSSR count). The summed E-state index contributed by atoms with van der Waals surface area (Å²) in [6.07, 6.45) is 0. The lowest BCUT2D eigenvalue weighted by Gasteiger charge is -2.05. The maximum atomic E-state index is 11.4. The Balaban J connectivity index is 2.99. The zero-order valence-electron chi connectivity index (χ0n) is 7.85. The van der Waals surface area contributed by atoms with Crippen molar-refractivity contribution in [3.8, 4) is 0 Å². The Hall–Kier alpha value is -1.13. The molecular weight excluding hydrogens is 168 g/mol. The fourth-order valence-corrected chi connectivity index (χ4v) is 1.28. The fraction of sp³-hybridized carbons (Fsp3) is 0.444. The van der Waals surface area contributed by atoms with E-state index in [4.69, 9.17) is 5.11 Å². The van der Waals surface area contributed by atoms with E-state index >= 15 is 0 Å². The minimum Gasteiger partial charge on any atom is -0.381 e. The average Bonchev–Trinajstić information content (AvgIpc) is 2.02. The molecule has 0 unspecified atom stereocenters. The van der Waals surface area contributed by atoms with E-state index in [9.17, 15) is 4.79 Å². The minimum absolute atomic E-state index is 0.0848. The van der Waals surface area contributed by atoms with Gasteiger partial charge in [0, 0.05) is 17.8 Å². The molecule has 72 valence electrons. The third kappa shape index (κ3) is 2.40. The Bertz CT molecular complexity index is 344. The van der Waals surface area contributed by atoms with Gasteiger partial charge in [-0.3, -0.25) is 10.1 Å². The topological polar surface area (TPSA) is 65.1 Å². The highest BCUT2D eigenvalue weighted by molar-refractivity contribution is 5.24. The number of rotatable bonds is 3. The van der Waals surface area contributed by atoms with Crippen LogP contribution < -0.4 is 10.9 Å². The van der Waals surface area contributed by atoms with Gasteiger partial charge in [-0.25, -0.2) is 0 Å². The maximum absolute atomic E-state index is 11.4. The normalized spacial score (nSPS) is 10.4. The Morgan fingerprint density at radius 2 is 2.23 bits per heavy atom. The summed E-state index contributed by atoms with van der Waals surface area (Å²) >= 11 is 0. The first-order valence-electron chi connectivity index (χ1n) is 4.16. The smallest absolute Gasteiger partial charge is 0.252 e. The molecule has 0 radical (unpaired) electrons. The third-order valence-corrected chi connectivity index (χ3v) is 1.91. The van der Waals surface area contributed by atoms with Crippen LogP contribution >= 0.6 is 0 Å². The Morgan fingerprint density at radius 3 is 2.77 bits per heavy atom. The van der Waals surface area contributed by atoms with Crippen LogP contribution in [0.25, 0.3) is 0 Å². The molecule has 0 aromatic carbocycles. The van der Waals surface area contributed by atoms with Gasteiger partial charge in [0.15, 0.2) is 0 Å². The van der Waals surface area contributed by atoms with Crippen LogP contribution in [-0.2, 0) is 6.54 Å². The highest BCUT2D eigenvalue weighted by atomic mass is 16.3. The van der Waals surface area contributed by atoms with Crippen LogP contribution in [0.2, 0.25) is 0 Å². The fourth-order valence-electron chi connectivity index (χ4n) is 1.28. The van der Waals surface area contributed by atoms with Gasteiger partial charge in [-0.1, -0.05) is 0 Å². The summed E-state index contributed by atoms with van der Waals surface area (Å²) in [4.78, 5) is 14.1. The van der Waals surface area contributed by atoms with Crippen LogP contribution in [0, 0.1) is 13.8 Å². The predicted octanol–water partition coefficient (Wildman–Crippen LogP) is 0.0311. The van der Waals surface area contributed by atoms with E-state index in [2.05, 4.69) is 10.3 Å². The monoisotopic (exact) mass is 182 g/mol. The van der Waals surface area contributed by atoms with Gasteiger partial charge in [-0.05, 0) is 25.5 Å². The number of aryl methyl sites for hydroxylation is 2. The number of nitrogens with one attached hydrogen (secondary N) is 2. The van der Waals surface area contributed by atoms with Crippen LogP contribution in [-0.4, -0.2) is 16.8 Å². The van der Waals surface area contributed by atoms with Crippen LogP contribution in [0.5, 0.6) is 0 Å². The molecule has 3 N–H and O–H groups in total. The Kier molecular flexibility index (Phi) is 3.22. The van der Waals surface area contributed by atoms with Crippen molar-refractivity contribution >= 4 is 0 Å². The molecule has 1 heterocycles. The molecule has 0 spiro atoms. The largest absolute Gasteiger partial charge is 0.381 e. The summed E-state index contributed by atoms with van der Waals surface area (Å²) in [5.74, 6) is 0. The van der Waals surface area contributed by atoms with Gasteiger partial charge in [0.2, 0.25) is 0 Å². The molecule has 0 aliphatic rings. The van der Waals surface area contributed by atoms with Crippen LogP contribution in [0.3, 0.4) is 0 Å². The minimum atomic E-state index is -0.118. The number of aromatic nitrogens is 1. The lowest BCUT2D eigenvalue weighted by atomic mass is 10.1. The second-order valence-corrected chi connectivity index (χ2v) is 3.03. The summed E-state index contributed by atoms with van der Waals surface area (Å²) in [7, 11) is 0. The number of hydrogen-bond acceptors (Lipinski definition) is 3. The number of aromatic amines is 1. The van der Waals surface area contributed by atoms with E-state index < -0.39 is 0 Å². The number of pyridine rings is 1. The van der Waals surface area contributed by atoms with E-state index in [1.165, 1.54) is 0 Å². The van der Waals surface area contributed by atoms with E-state index in [-0.39, 0.29) is 12.3 Å². The summed E-state index contributed by atoms with van der Waals surface area (Å²) < 4.78 is 0. The number of aliphatic hydroxyl groups is 1. The van der Waals surface area contributed by atoms with Crippen molar-refractivity contribution in [1.29, 1.82) is 0 Å². The molecule has 1 aromatic heterocycles. The molecule has 0 bridgehead atoms. The van der Waals surface area contributed by atoms with Crippen molar-refractivity contribution in [2.45, 2.75) is 20.4 Å². The maximum Gasteiger partial charge on any atom is 0.252 e. The molecular formula is C9H14N2O2. The highest BCUT2D eigenvalue weighted by Gasteiger charge is 2.03. The van der Waals surface area contributed by atoms with Crippen molar-refractivity contribution < 1.29 is 5.11 Å².